The summed E-state index contributed by atoms with van der Waals surface area (Å²) in [5.74, 6) is -0.156. The molecular formula is C14H23N3O2S. The van der Waals surface area contributed by atoms with Crippen molar-refractivity contribution >= 4 is 22.3 Å². The van der Waals surface area contributed by atoms with E-state index < -0.39 is 5.41 Å². The zero-order valence-electron chi connectivity index (χ0n) is 12.4. The number of carbonyl (C=O) groups excluding carboxylic acids is 1. The quantitative estimate of drug-likeness (QED) is 0.838. The number of methoxy groups -OCH3 is 1. The Hall–Kier alpha value is -1.14. The Morgan fingerprint density at radius 2 is 2.20 bits per heavy atom. The second-order valence-corrected chi connectivity index (χ2v) is 6.80. The number of carbonyl (C=O) groups is 1. The lowest BCUT2D eigenvalue weighted by atomic mass is 9.88. The van der Waals surface area contributed by atoms with Crippen LogP contribution in [0.4, 0.5) is 5.00 Å². The number of piperazine rings is 1. The topological polar surface area (TPSA) is 54.5 Å². The molecule has 0 unspecified atom stereocenters. The van der Waals surface area contributed by atoms with Gasteiger partial charge in [-0.1, -0.05) is 0 Å². The van der Waals surface area contributed by atoms with E-state index in [0.29, 0.717) is 0 Å². The van der Waals surface area contributed by atoms with Crippen molar-refractivity contribution in [3.63, 3.8) is 0 Å². The van der Waals surface area contributed by atoms with Crippen molar-refractivity contribution in [2.24, 2.45) is 5.41 Å². The van der Waals surface area contributed by atoms with Crippen LogP contribution >= 0.6 is 11.3 Å². The van der Waals surface area contributed by atoms with Gasteiger partial charge in [-0.05, 0) is 20.3 Å². The van der Waals surface area contributed by atoms with Crippen molar-refractivity contribution in [1.82, 2.24) is 10.3 Å². The summed E-state index contributed by atoms with van der Waals surface area (Å²) in [5, 5.41) is 5.67. The number of hydrogen-bond donors (Lipinski definition) is 1. The van der Waals surface area contributed by atoms with Gasteiger partial charge in [0.15, 0.2) is 0 Å². The molecule has 2 rings (SSSR count). The van der Waals surface area contributed by atoms with Crippen LogP contribution in [0.5, 0.6) is 0 Å². The van der Waals surface area contributed by atoms with E-state index in [9.17, 15) is 4.79 Å². The van der Waals surface area contributed by atoms with Gasteiger partial charge in [-0.3, -0.25) is 4.79 Å². The molecule has 20 heavy (non-hydrogen) atoms. The van der Waals surface area contributed by atoms with Gasteiger partial charge in [0.1, 0.15) is 5.00 Å². The third kappa shape index (κ3) is 3.70. The molecule has 0 spiro atoms. The predicted octanol–water partition coefficient (Wildman–Crippen LogP) is 1.68. The molecule has 0 saturated carbocycles. The van der Waals surface area contributed by atoms with Gasteiger partial charge < -0.3 is 15.0 Å². The highest BCUT2D eigenvalue weighted by Crippen LogP contribution is 2.29. The molecule has 1 saturated heterocycles. The summed E-state index contributed by atoms with van der Waals surface area (Å²) in [7, 11) is 1.44. The van der Waals surface area contributed by atoms with Crippen LogP contribution in [0.1, 0.15) is 25.3 Å². The number of nitrogens with one attached hydrogen (secondary N) is 1. The normalized spacial score (nSPS) is 16.2. The summed E-state index contributed by atoms with van der Waals surface area (Å²) in [4.78, 5) is 18.5. The van der Waals surface area contributed by atoms with Crippen molar-refractivity contribution in [3.8, 4) is 0 Å². The van der Waals surface area contributed by atoms with Crippen LogP contribution < -0.4 is 10.2 Å². The second-order valence-electron chi connectivity index (χ2n) is 5.70. The minimum Gasteiger partial charge on any atom is -0.469 e. The van der Waals surface area contributed by atoms with Gasteiger partial charge in [0.05, 0.1) is 23.7 Å². The molecule has 1 aromatic heterocycles. The van der Waals surface area contributed by atoms with E-state index >= 15 is 0 Å². The molecular weight excluding hydrogens is 274 g/mol. The Labute approximate surface area is 124 Å². The number of ether oxygens (including phenoxy) is 1. The van der Waals surface area contributed by atoms with E-state index in [-0.39, 0.29) is 5.97 Å². The van der Waals surface area contributed by atoms with Crippen LogP contribution in [0.2, 0.25) is 0 Å². The van der Waals surface area contributed by atoms with Gasteiger partial charge in [-0.25, -0.2) is 4.98 Å². The summed E-state index contributed by atoms with van der Waals surface area (Å²) in [5.41, 5.74) is -0.449. The van der Waals surface area contributed by atoms with Crippen LogP contribution in [-0.4, -0.2) is 44.2 Å². The number of rotatable bonds is 5. The maximum atomic E-state index is 11.7. The zero-order valence-corrected chi connectivity index (χ0v) is 13.3. The van der Waals surface area contributed by atoms with E-state index in [2.05, 4.69) is 15.2 Å². The molecule has 0 radical (unpaired) electrons. The molecule has 0 amide bonds. The summed E-state index contributed by atoms with van der Waals surface area (Å²) in [6, 6.07) is 0. The number of aromatic nitrogens is 1. The Balaban J connectivity index is 1.91. The Morgan fingerprint density at radius 3 is 2.85 bits per heavy atom. The SMILES string of the molecule is COC(=O)C(C)(C)CCc1ncc(N2CCNCC2)s1. The van der Waals surface area contributed by atoms with Crippen molar-refractivity contribution < 1.29 is 9.53 Å². The highest BCUT2D eigenvalue weighted by molar-refractivity contribution is 7.15. The highest BCUT2D eigenvalue weighted by Gasteiger charge is 2.28. The summed E-state index contributed by atoms with van der Waals surface area (Å²) >= 11 is 1.73. The number of esters is 1. The average Bonchev–Trinajstić information content (AvgIpc) is 2.94. The van der Waals surface area contributed by atoms with Crippen molar-refractivity contribution in [2.45, 2.75) is 26.7 Å². The molecule has 1 aromatic rings. The number of nitrogens with zero attached hydrogens (tertiary/aromatic N) is 2. The lowest BCUT2D eigenvalue weighted by Crippen LogP contribution is -2.43. The summed E-state index contributed by atoms with van der Waals surface area (Å²) < 4.78 is 4.83. The Kier molecular flexibility index (Phi) is 4.99. The molecule has 1 fully saturated rings. The van der Waals surface area contributed by atoms with E-state index in [4.69, 9.17) is 4.74 Å². The Bertz CT molecular complexity index is 453. The molecule has 112 valence electrons. The molecule has 0 aromatic carbocycles. The zero-order chi connectivity index (χ0) is 14.6. The molecule has 5 nitrogen and oxygen atoms in total. The minimum atomic E-state index is -0.449. The largest absolute Gasteiger partial charge is 0.469 e. The first-order valence-electron chi connectivity index (χ1n) is 7.02. The maximum Gasteiger partial charge on any atom is 0.311 e. The molecule has 1 N–H and O–H groups in total. The van der Waals surface area contributed by atoms with Crippen molar-refractivity contribution in [1.29, 1.82) is 0 Å². The van der Waals surface area contributed by atoms with Crippen LogP contribution in [0.25, 0.3) is 0 Å². The molecule has 0 bridgehead atoms. The lowest BCUT2D eigenvalue weighted by molar-refractivity contribution is -0.151. The van der Waals surface area contributed by atoms with Crippen LogP contribution in [0, 0.1) is 5.41 Å². The van der Waals surface area contributed by atoms with Gasteiger partial charge in [0.25, 0.3) is 0 Å². The fourth-order valence-electron chi connectivity index (χ4n) is 2.25. The lowest BCUT2D eigenvalue weighted by Gasteiger charge is -2.27. The Morgan fingerprint density at radius 1 is 1.50 bits per heavy atom. The fourth-order valence-corrected chi connectivity index (χ4v) is 3.21. The third-order valence-electron chi connectivity index (χ3n) is 3.67. The van der Waals surface area contributed by atoms with E-state index in [1.807, 2.05) is 20.0 Å². The standard InChI is InChI=1S/C14H23N3O2S/c1-14(2,13(18)19-3)5-4-11-16-10-12(20-11)17-8-6-15-7-9-17/h10,15H,4-9H2,1-3H3. The van der Waals surface area contributed by atoms with Crippen LogP contribution in [-0.2, 0) is 16.0 Å². The van der Waals surface area contributed by atoms with E-state index in [0.717, 1.165) is 44.0 Å². The van der Waals surface area contributed by atoms with Gasteiger partial charge in [0.2, 0.25) is 0 Å². The first-order chi connectivity index (χ1) is 9.53. The van der Waals surface area contributed by atoms with Gasteiger partial charge in [-0.2, -0.15) is 0 Å². The predicted molar refractivity (Wildman–Crippen MR) is 81.3 cm³/mol. The fraction of sp³-hybridized carbons (Fsp3) is 0.714. The summed E-state index contributed by atoms with van der Waals surface area (Å²) in [6.07, 6.45) is 3.53. The number of thiazole rings is 1. The minimum absolute atomic E-state index is 0.156. The maximum absolute atomic E-state index is 11.7. The van der Waals surface area contributed by atoms with Gasteiger partial charge in [-0.15, -0.1) is 11.3 Å². The first-order valence-corrected chi connectivity index (χ1v) is 7.83. The highest BCUT2D eigenvalue weighted by atomic mass is 32.1. The molecule has 2 heterocycles. The average molecular weight is 297 g/mol. The van der Waals surface area contributed by atoms with E-state index in [1.54, 1.807) is 11.3 Å². The number of aryl methyl sites for hydroxylation is 1. The summed E-state index contributed by atoms with van der Waals surface area (Å²) in [6.45, 7) is 7.98. The van der Waals surface area contributed by atoms with E-state index in [1.165, 1.54) is 12.1 Å². The van der Waals surface area contributed by atoms with Crippen LogP contribution in [0.15, 0.2) is 6.20 Å². The molecule has 0 atom stereocenters. The van der Waals surface area contributed by atoms with Gasteiger partial charge in [0, 0.05) is 32.6 Å². The smallest absolute Gasteiger partial charge is 0.311 e. The van der Waals surface area contributed by atoms with Gasteiger partial charge >= 0.3 is 5.97 Å². The van der Waals surface area contributed by atoms with Crippen LogP contribution in [0.3, 0.4) is 0 Å². The number of anilines is 1. The van der Waals surface area contributed by atoms with Crippen molar-refractivity contribution in [2.75, 3.05) is 38.2 Å². The molecule has 1 aliphatic rings. The number of hydrogen-bond acceptors (Lipinski definition) is 6. The molecule has 0 aliphatic carbocycles. The molecule has 1 aliphatic heterocycles. The third-order valence-corrected chi connectivity index (χ3v) is 4.79. The monoisotopic (exact) mass is 297 g/mol. The first kappa shape index (κ1) is 15.3. The molecule has 6 heteroatoms. The second kappa shape index (κ2) is 6.54. The van der Waals surface area contributed by atoms with Crippen molar-refractivity contribution in [3.05, 3.63) is 11.2 Å².